The topological polar surface area (TPSA) is 44.8 Å². The lowest BCUT2D eigenvalue weighted by Crippen LogP contribution is -2.28. The van der Waals surface area contributed by atoms with Gasteiger partial charge < -0.3 is 9.88 Å². The van der Waals surface area contributed by atoms with Gasteiger partial charge in [-0.05, 0) is 30.7 Å². The number of aromatic nitrogens is 3. The summed E-state index contributed by atoms with van der Waals surface area (Å²) < 4.78 is 0. The smallest absolute Gasteiger partial charge is 0.142 e. The van der Waals surface area contributed by atoms with Crippen molar-refractivity contribution < 1.29 is 0 Å². The van der Waals surface area contributed by atoms with Crippen LogP contribution in [0.4, 0.5) is 5.82 Å². The average Bonchev–Trinajstić information content (AvgIpc) is 2.75. The molecular weight excluding hydrogens is 224 g/mol. The fourth-order valence-electron chi connectivity index (χ4n) is 3.03. The first-order valence-corrected chi connectivity index (χ1v) is 6.77. The lowest BCUT2D eigenvalue weighted by Gasteiger charge is -2.24. The molecule has 1 aliphatic rings. The fourth-order valence-corrected chi connectivity index (χ4v) is 3.03. The SMILES string of the molecule is CC1CCN(c2ncnc3[nH]ccc23)CC(C)C1. The molecule has 2 unspecified atom stereocenters. The summed E-state index contributed by atoms with van der Waals surface area (Å²) >= 11 is 0. The molecule has 3 rings (SSSR count). The summed E-state index contributed by atoms with van der Waals surface area (Å²) in [5.41, 5.74) is 0.935. The molecule has 2 atom stereocenters. The lowest BCUT2D eigenvalue weighted by atomic mass is 9.97. The second kappa shape index (κ2) is 4.59. The van der Waals surface area contributed by atoms with Crippen LogP contribution in [0.5, 0.6) is 0 Å². The van der Waals surface area contributed by atoms with Crippen LogP contribution in [0.15, 0.2) is 18.6 Å². The van der Waals surface area contributed by atoms with Crippen LogP contribution in [-0.2, 0) is 0 Å². The zero-order valence-electron chi connectivity index (χ0n) is 11.1. The Bertz CT molecular complexity index is 533. The Morgan fingerprint density at radius 3 is 3.06 bits per heavy atom. The number of aromatic amines is 1. The van der Waals surface area contributed by atoms with Gasteiger partial charge in [0.1, 0.15) is 17.8 Å². The van der Waals surface area contributed by atoms with Gasteiger partial charge in [-0.25, -0.2) is 9.97 Å². The molecule has 0 spiro atoms. The number of hydrogen-bond acceptors (Lipinski definition) is 3. The van der Waals surface area contributed by atoms with E-state index in [2.05, 4.69) is 39.8 Å². The van der Waals surface area contributed by atoms with Crippen LogP contribution in [-0.4, -0.2) is 28.0 Å². The summed E-state index contributed by atoms with van der Waals surface area (Å²) in [7, 11) is 0. The van der Waals surface area contributed by atoms with Crippen LogP contribution in [0.1, 0.15) is 26.7 Å². The van der Waals surface area contributed by atoms with E-state index in [1.807, 2.05) is 6.20 Å². The van der Waals surface area contributed by atoms with Gasteiger partial charge >= 0.3 is 0 Å². The molecule has 0 aliphatic carbocycles. The Morgan fingerprint density at radius 1 is 1.28 bits per heavy atom. The van der Waals surface area contributed by atoms with Crippen LogP contribution >= 0.6 is 0 Å². The molecule has 96 valence electrons. The first-order chi connectivity index (χ1) is 8.74. The van der Waals surface area contributed by atoms with E-state index < -0.39 is 0 Å². The molecule has 0 aromatic carbocycles. The highest BCUT2D eigenvalue weighted by Crippen LogP contribution is 2.28. The molecule has 1 N–H and O–H groups in total. The fraction of sp³-hybridized carbons (Fsp3) is 0.571. The first-order valence-electron chi connectivity index (χ1n) is 6.77. The minimum atomic E-state index is 0.728. The monoisotopic (exact) mass is 244 g/mol. The molecule has 0 amide bonds. The first kappa shape index (κ1) is 11.5. The second-order valence-corrected chi connectivity index (χ2v) is 5.62. The number of hydrogen-bond donors (Lipinski definition) is 1. The standard InChI is InChI=1S/C14H20N4/c1-10-4-6-18(8-11(2)7-10)14-12-3-5-15-13(12)16-9-17-14/h3,5,9-11H,4,6-8H2,1-2H3,(H,15,16,17). The number of H-pyrrole nitrogens is 1. The van der Waals surface area contributed by atoms with Crippen molar-refractivity contribution in [2.75, 3.05) is 18.0 Å². The Kier molecular flexibility index (Phi) is 2.94. The van der Waals surface area contributed by atoms with Gasteiger partial charge in [-0.2, -0.15) is 0 Å². The molecule has 0 bridgehead atoms. The number of rotatable bonds is 1. The van der Waals surface area contributed by atoms with Gasteiger partial charge in [-0.3, -0.25) is 0 Å². The van der Waals surface area contributed by atoms with E-state index in [1.165, 1.54) is 12.8 Å². The van der Waals surface area contributed by atoms with Crippen molar-refractivity contribution in [3.63, 3.8) is 0 Å². The number of anilines is 1. The van der Waals surface area contributed by atoms with Gasteiger partial charge in [0.15, 0.2) is 0 Å². The van der Waals surface area contributed by atoms with E-state index in [0.717, 1.165) is 41.8 Å². The summed E-state index contributed by atoms with van der Waals surface area (Å²) in [6, 6.07) is 2.07. The predicted octanol–water partition coefficient (Wildman–Crippen LogP) is 2.83. The van der Waals surface area contributed by atoms with Crippen LogP contribution in [0.25, 0.3) is 11.0 Å². The minimum Gasteiger partial charge on any atom is -0.356 e. The predicted molar refractivity (Wildman–Crippen MR) is 73.7 cm³/mol. The third-order valence-corrected chi connectivity index (χ3v) is 3.86. The van der Waals surface area contributed by atoms with E-state index in [0.29, 0.717) is 0 Å². The summed E-state index contributed by atoms with van der Waals surface area (Å²) in [4.78, 5) is 14.3. The Labute approximate surface area is 107 Å². The largest absolute Gasteiger partial charge is 0.356 e. The van der Waals surface area contributed by atoms with E-state index in [1.54, 1.807) is 6.33 Å². The maximum absolute atomic E-state index is 4.50. The highest BCUT2D eigenvalue weighted by Gasteiger charge is 2.21. The molecule has 4 heteroatoms. The van der Waals surface area contributed by atoms with E-state index in [9.17, 15) is 0 Å². The Hall–Kier alpha value is -1.58. The molecule has 0 radical (unpaired) electrons. The summed E-state index contributed by atoms with van der Waals surface area (Å²) in [5, 5.41) is 1.14. The zero-order chi connectivity index (χ0) is 12.5. The molecule has 1 fully saturated rings. The summed E-state index contributed by atoms with van der Waals surface area (Å²) in [6.45, 7) is 6.89. The van der Waals surface area contributed by atoms with Gasteiger partial charge in [0.25, 0.3) is 0 Å². The average molecular weight is 244 g/mol. The summed E-state index contributed by atoms with van der Waals surface area (Å²) in [5.74, 6) is 2.63. The van der Waals surface area contributed by atoms with E-state index in [4.69, 9.17) is 0 Å². The third kappa shape index (κ3) is 2.07. The van der Waals surface area contributed by atoms with Crippen molar-refractivity contribution in [3.05, 3.63) is 18.6 Å². The van der Waals surface area contributed by atoms with E-state index >= 15 is 0 Å². The molecule has 4 nitrogen and oxygen atoms in total. The number of nitrogens with zero attached hydrogens (tertiary/aromatic N) is 3. The molecule has 3 heterocycles. The Balaban J connectivity index is 1.95. The normalized spacial score (nSPS) is 25.3. The lowest BCUT2D eigenvalue weighted by molar-refractivity contribution is 0.442. The maximum Gasteiger partial charge on any atom is 0.142 e. The van der Waals surface area contributed by atoms with Crippen molar-refractivity contribution in [1.82, 2.24) is 15.0 Å². The summed E-state index contributed by atoms with van der Waals surface area (Å²) in [6.07, 6.45) is 6.16. The molecule has 18 heavy (non-hydrogen) atoms. The van der Waals surface area contributed by atoms with Crippen LogP contribution in [0, 0.1) is 11.8 Å². The highest BCUT2D eigenvalue weighted by atomic mass is 15.2. The minimum absolute atomic E-state index is 0.728. The molecular formula is C14H20N4. The van der Waals surface area contributed by atoms with Crippen LogP contribution in [0.3, 0.4) is 0 Å². The molecule has 0 saturated carbocycles. The molecule has 1 saturated heterocycles. The maximum atomic E-state index is 4.50. The zero-order valence-corrected chi connectivity index (χ0v) is 11.1. The van der Waals surface area contributed by atoms with Crippen molar-refractivity contribution >= 4 is 16.9 Å². The number of fused-ring (bicyclic) bond motifs is 1. The van der Waals surface area contributed by atoms with Crippen LogP contribution in [0.2, 0.25) is 0 Å². The second-order valence-electron chi connectivity index (χ2n) is 5.62. The van der Waals surface area contributed by atoms with Crippen molar-refractivity contribution in [3.8, 4) is 0 Å². The number of nitrogens with one attached hydrogen (secondary N) is 1. The van der Waals surface area contributed by atoms with Gasteiger partial charge in [0, 0.05) is 19.3 Å². The third-order valence-electron chi connectivity index (χ3n) is 3.86. The van der Waals surface area contributed by atoms with Crippen molar-refractivity contribution in [1.29, 1.82) is 0 Å². The van der Waals surface area contributed by atoms with Crippen LogP contribution < -0.4 is 4.90 Å². The van der Waals surface area contributed by atoms with Crippen molar-refractivity contribution in [2.45, 2.75) is 26.7 Å². The molecule has 2 aromatic rings. The van der Waals surface area contributed by atoms with Gasteiger partial charge in [0.05, 0.1) is 5.39 Å². The van der Waals surface area contributed by atoms with Gasteiger partial charge in [-0.1, -0.05) is 13.8 Å². The van der Waals surface area contributed by atoms with Crippen molar-refractivity contribution in [2.24, 2.45) is 11.8 Å². The quantitative estimate of drug-likeness (QED) is 0.839. The molecule has 1 aliphatic heterocycles. The van der Waals surface area contributed by atoms with Gasteiger partial charge in [0.2, 0.25) is 0 Å². The van der Waals surface area contributed by atoms with E-state index in [-0.39, 0.29) is 0 Å². The molecule has 2 aromatic heterocycles. The highest BCUT2D eigenvalue weighted by molar-refractivity contribution is 5.87. The Morgan fingerprint density at radius 2 is 2.17 bits per heavy atom. The van der Waals surface area contributed by atoms with Gasteiger partial charge in [-0.15, -0.1) is 0 Å².